The number of hydrazine groups is 1. The van der Waals surface area contributed by atoms with E-state index >= 15 is 0 Å². The lowest BCUT2D eigenvalue weighted by Gasteiger charge is -2.35. The molecular weight excluding hydrogens is 260 g/mol. The normalized spacial score (nSPS) is 20.0. The zero-order valence-corrected chi connectivity index (χ0v) is 11.5. The van der Waals surface area contributed by atoms with Crippen molar-refractivity contribution in [3.8, 4) is 0 Å². The summed E-state index contributed by atoms with van der Waals surface area (Å²) in [5.74, 6) is 4.61. The van der Waals surface area contributed by atoms with Crippen LogP contribution < -0.4 is 11.3 Å². The smallest absolute Gasteiger partial charge is 0.287 e. The van der Waals surface area contributed by atoms with Crippen LogP contribution in [0.2, 0.25) is 0 Å². The van der Waals surface area contributed by atoms with E-state index in [1.54, 1.807) is 10.9 Å². The fourth-order valence-corrected chi connectivity index (χ4v) is 2.65. The van der Waals surface area contributed by atoms with E-state index in [0.717, 1.165) is 25.9 Å². The second kappa shape index (κ2) is 7.32. The SMILES string of the molecule is NNC(=O)c1cn(CCN2CCCCC2CCO)nn1. The Labute approximate surface area is 117 Å². The van der Waals surface area contributed by atoms with Crippen LogP contribution in [-0.2, 0) is 6.54 Å². The number of likely N-dealkylation sites (tertiary alicyclic amines) is 1. The first-order valence-corrected chi connectivity index (χ1v) is 7.00. The highest BCUT2D eigenvalue weighted by molar-refractivity contribution is 5.91. The molecule has 1 aromatic heterocycles. The lowest BCUT2D eigenvalue weighted by molar-refractivity contribution is 0.0948. The molecule has 1 aromatic rings. The van der Waals surface area contributed by atoms with E-state index in [1.807, 2.05) is 5.43 Å². The molecule has 0 bridgehead atoms. The predicted molar refractivity (Wildman–Crippen MR) is 72.6 cm³/mol. The third kappa shape index (κ3) is 3.75. The molecule has 1 amide bonds. The van der Waals surface area contributed by atoms with Gasteiger partial charge in [-0.05, 0) is 25.8 Å². The standard InChI is InChI=1S/C12H22N6O2/c13-14-12(20)11-9-18(16-15-11)7-6-17-5-2-1-3-10(17)4-8-19/h9-10,19H,1-8,13H2,(H,14,20). The Morgan fingerprint density at radius 2 is 2.35 bits per heavy atom. The largest absolute Gasteiger partial charge is 0.396 e. The molecular formula is C12H22N6O2. The number of piperidine rings is 1. The average Bonchev–Trinajstić information content (AvgIpc) is 2.95. The Morgan fingerprint density at radius 3 is 3.10 bits per heavy atom. The minimum Gasteiger partial charge on any atom is -0.396 e. The highest BCUT2D eigenvalue weighted by atomic mass is 16.3. The van der Waals surface area contributed by atoms with Gasteiger partial charge in [-0.2, -0.15) is 0 Å². The third-order valence-electron chi connectivity index (χ3n) is 3.73. The second-order valence-electron chi connectivity index (χ2n) is 5.04. The van der Waals surface area contributed by atoms with Crippen molar-refractivity contribution in [1.82, 2.24) is 25.3 Å². The number of amides is 1. The first-order chi connectivity index (χ1) is 9.74. The van der Waals surface area contributed by atoms with Crippen LogP contribution in [0, 0.1) is 0 Å². The van der Waals surface area contributed by atoms with Crippen molar-refractivity contribution < 1.29 is 9.90 Å². The van der Waals surface area contributed by atoms with Crippen LogP contribution >= 0.6 is 0 Å². The maximum absolute atomic E-state index is 11.3. The van der Waals surface area contributed by atoms with Crippen LogP contribution in [0.3, 0.4) is 0 Å². The lowest BCUT2D eigenvalue weighted by Crippen LogP contribution is -2.41. The van der Waals surface area contributed by atoms with Gasteiger partial charge in [-0.3, -0.25) is 19.8 Å². The zero-order valence-electron chi connectivity index (χ0n) is 11.5. The van der Waals surface area contributed by atoms with Gasteiger partial charge < -0.3 is 5.11 Å². The molecule has 112 valence electrons. The van der Waals surface area contributed by atoms with Gasteiger partial charge in [-0.15, -0.1) is 5.10 Å². The number of rotatable bonds is 6. The monoisotopic (exact) mass is 282 g/mol. The van der Waals surface area contributed by atoms with Crippen LogP contribution in [0.4, 0.5) is 0 Å². The van der Waals surface area contributed by atoms with Crippen LogP contribution in [-0.4, -0.2) is 56.6 Å². The molecule has 0 saturated carbocycles. The van der Waals surface area contributed by atoms with Crippen molar-refractivity contribution in [2.75, 3.05) is 19.7 Å². The molecule has 0 spiro atoms. The van der Waals surface area contributed by atoms with Gasteiger partial charge in [0.25, 0.3) is 5.91 Å². The van der Waals surface area contributed by atoms with E-state index in [4.69, 9.17) is 10.9 Å². The van der Waals surface area contributed by atoms with E-state index in [-0.39, 0.29) is 12.3 Å². The number of hydrogen-bond acceptors (Lipinski definition) is 6. The molecule has 2 heterocycles. The molecule has 1 saturated heterocycles. The average molecular weight is 282 g/mol. The summed E-state index contributed by atoms with van der Waals surface area (Å²) in [7, 11) is 0. The number of nitrogens with one attached hydrogen (secondary N) is 1. The van der Waals surface area contributed by atoms with Gasteiger partial charge in [0.05, 0.1) is 12.7 Å². The fourth-order valence-electron chi connectivity index (χ4n) is 2.65. The number of aliphatic hydroxyl groups excluding tert-OH is 1. The summed E-state index contributed by atoms with van der Waals surface area (Å²) in [5, 5.41) is 16.8. The maximum atomic E-state index is 11.3. The number of hydrogen-bond donors (Lipinski definition) is 3. The lowest BCUT2D eigenvalue weighted by atomic mass is 10.00. The van der Waals surface area contributed by atoms with Crippen molar-refractivity contribution in [2.45, 2.75) is 38.3 Å². The molecule has 1 atom stereocenters. The first kappa shape index (κ1) is 14.9. The van der Waals surface area contributed by atoms with Crippen molar-refractivity contribution in [3.05, 3.63) is 11.9 Å². The van der Waals surface area contributed by atoms with Crippen molar-refractivity contribution in [3.63, 3.8) is 0 Å². The third-order valence-corrected chi connectivity index (χ3v) is 3.73. The molecule has 8 heteroatoms. The Kier molecular flexibility index (Phi) is 5.45. The summed E-state index contributed by atoms with van der Waals surface area (Å²) in [4.78, 5) is 13.7. The Bertz CT molecular complexity index is 433. The number of nitrogens with zero attached hydrogens (tertiary/aromatic N) is 4. The summed E-state index contributed by atoms with van der Waals surface area (Å²) >= 11 is 0. The Hall–Kier alpha value is -1.51. The molecule has 0 radical (unpaired) electrons. The number of nitrogen functional groups attached to an aromatic ring is 1. The van der Waals surface area contributed by atoms with E-state index in [0.29, 0.717) is 12.6 Å². The predicted octanol–water partition coefficient (Wildman–Crippen LogP) is -0.881. The molecule has 0 aromatic carbocycles. The quantitative estimate of drug-likeness (QED) is 0.355. The molecule has 1 aliphatic heterocycles. The molecule has 2 rings (SSSR count). The topological polar surface area (TPSA) is 109 Å². The number of carbonyl (C=O) groups is 1. The minimum atomic E-state index is -0.438. The van der Waals surface area contributed by atoms with Gasteiger partial charge in [0.15, 0.2) is 5.69 Å². The second-order valence-corrected chi connectivity index (χ2v) is 5.04. The number of nitrogens with two attached hydrogens (primary N) is 1. The van der Waals surface area contributed by atoms with Crippen molar-refractivity contribution in [1.29, 1.82) is 0 Å². The maximum Gasteiger partial charge on any atom is 0.287 e. The van der Waals surface area contributed by atoms with Crippen LogP contribution in [0.5, 0.6) is 0 Å². The highest BCUT2D eigenvalue weighted by Crippen LogP contribution is 2.19. The van der Waals surface area contributed by atoms with Gasteiger partial charge in [0.1, 0.15) is 0 Å². The Balaban J connectivity index is 1.87. The van der Waals surface area contributed by atoms with Crippen LogP contribution in [0.25, 0.3) is 0 Å². The van der Waals surface area contributed by atoms with Crippen molar-refractivity contribution in [2.24, 2.45) is 5.84 Å². The Morgan fingerprint density at radius 1 is 1.50 bits per heavy atom. The van der Waals surface area contributed by atoms with E-state index < -0.39 is 5.91 Å². The molecule has 4 N–H and O–H groups in total. The van der Waals surface area contributed by atoms with Gasteiger partial charge >= 0.3 is 0 Å². The zero-order chi connectivity index (χ0) is 14.4. The van der Waals surface area contributed by atoms with Gasteiger partial charge in [-0.25, -0.2) is 5.84 Å². The number of aromatic nitrogens is 3. The summed E-state index contributed by atoms with van der Waals surface area (Å²) < 4.78 is 1.65. The molecule has 0 aliphatic carbocycles. The van der Waals surface area contributed by atoms with Gasteiger partial charge in [0, 0.05) is 19.2 Å². The number of aliphatic hydroxyl groups is 1. The molecule has 1 unspecified atom stereocenters. The van der Waals surface area contributed by atoms with Crippen LogP contribution in [0.1, 0.15) is 36.2 Å². The van der Waals surface area contributed by atoms with Crippen LogP contribution in [0.15, 0.2) is 6.20 Å². The molecule has 1 fully saturated rings. The van der Waals surface area contributed by atoms with Gasteiger partial charge in [0.2, 0.25) is 0 Å². The fraction of sp³-hybridized carbons (Fsp3) is 0.750. The molecule has 1 aliphatic rings. The van der Waals surface area contributed by atoms with E-state index in [9.17, 15) is 4.79 Å². The highest BCUT2D eigenvalue weighted by Gasteiger charge is 2.21. The molecule has 8 nitrogen and oxygen atoms in total. The molecule has 20 heavy (non-hydrogen) atoms. The van der Waals surface area contributed by atoms with Gasteiger partial charge in [-0.1, -0.05) is 11.6 Å². The number of carbonyl (C=O) groups excluding carboxylic acids is 1. The summed E-state index contributed by atoms with van der Waals surface area (Å²) in [5.41, 5.74) is 2.25. The summed E-state index contributed by atoms with van der Waals surface area (Å²) in [6, 6.07) is 0.448. The summed E-state index contributed by atoms with van der Waals surface area (Å²) in [6.07, 6.45) is 5.97. The van der Waals surface area contributed by atoms with Crippen molar-refractivity contribution >= 4 is 5.91 Å². The first-order valence-electron chi connectivity index (χ1n) is 7.00. The van der Waals surface area contributed by atoms with E-state index in [1.165, 1.54) is 12.8 Å². The van der Waals surface area contributed by atoms with E-state index in [2.05, 4.69) is 15.2 Å². The summed E-state index contributed by atoms with van der Waals surface area (Å²) in [6.45, 7) is 2.80. The minimum absolute atomic E-state index is 0.220.